The lowest BCUT2D eigenvalue weighted by Gasteiger charge is -2.29. The molecular weight excluding hydrogens is 408 g/mol. The molecule has 2 aromatic rings. The Balaban J connectivity index is 1.57. The van der Waals surface area contributed by atoms with Crippen LogP contribution in [-0.2, 0) is 17.6 Å². The maximum absolute atomic E-state index is 13.1. The van der Waals surface area contributed by atoms with E-state index in [9.17, 15) is 14.7 Å². The fraction of sp³-hybridized carbons (Fsp3) is 0.455. The highest BCUT2D eigenvalue weighted by atomic mass is 35.5. The van der Waals surface area contributed by atoms with Gasteiger partial charge in [0, 0.05) is 28.1 Å². The molecule has 2 amide bonds. The molecule has 7 heteroatoms. The molecule has 0 saturated heterocycles. The lowest BCUT2D eigenvalue weighted by Crippen LogP contribution is -2.33. The second-order valence-corrected chi connectivity index (χ2v) is 9.39. The zero-order valence-electron chi connectivity index (χ0n) is 16.2. The van der Waals surface area contributed by atoms with Crippen molar-refractivity contribution < 1.29 is 14.7 Å². The van der Waals surface area contributed by atoms with Crippen molar-refractivity contribution in [3.05, 3.63) is 45.3 Å². The predicted octanol–water partition coefficient (Wildman–Crippen LogP) is 4.88. The van der Waals surface area contributed by atoms with Crippen molar-refractivity contribution in [3.63, 3.8) is 0 Å². The van der Waals surface area contributed by atoms with Crippen molar-refractivity contribution in [2.45, 2.75) is 44.9 Å². The second-order valence-electron chi connectivity index (χ2n) is 7.85. The summed E-state index contributed by atoms with van der Waals surface area (Å²) in [7, 11) is 0. The minimum atomic E-state index is -0.204. The van der Waals surface area contributed by atoms with Gasteiger partial charge in [0.15, 0.2) is 0 Å². The molecule has 29 heavy (non-hydrogen) atoms. The van der Waals surface area contributed by atoms with E-state index < -0.39 is 0 Å². The molecule has 3 N–H and O–H groups in total. The van der Waals surface area contributed by atoms with E-state index in [1.54, 1.807) is 24.3 Å². The molecule has 2 unspecified atom stereocenters. The third-order valence-corrected chi connectivity index (χ3v) is 7.43. The topological polar surface area (TPSA) is 78.4 Å². The quantitative estimate of drug-likeness (QED) is 0.630. The van der Waals surface area contributed by atoms with Crippen molar-refractivity contribution >= 4 is 45.4 Å². The normalized spacial score (nSPS) is 20.9. The van der Waals surface area contributed by atoms with Gasteiger partial charge in [0.25, 0.3) is 5.91 Å². The van der Waals surface area contributed by atoms with Crippen molar-refractivity contribution in [3.8, 4) is 0 Å². The summed E-state index contributed by atoms with van der Waals surface area (Å²) in [5.41, 5.74) is 2.31. The fourth-order valence-corrected chi connectivity index (χ4v) is 5.85. The Hall–Kier alpha value is -1.89. The molecule has 1 saturated carbocycles. The number of amides is 2. The average molecular weight is 433 g/mol. The summed E-state index contributed by atoms with van der Waals surface area (Å²) in [5, 5.41) is 16.9. The highest BCUT2D eigenvalue weighted by Crippen LogP contribution is 2.40. The van der Waals surface area contributed by atoms with Crippen molar-refractivity contribution in [1.29, 1.82) is 0 Å². The van der Waals surface area contributed by atoms with Crippen molar-refractivity contribution in [2.24, 2.45) is 11.8 Å². The molecule has 2 aliphatic rings. The number of thiophene rings is 1. The molecule has 4 rings (SSSR count). The van der Waals surface area contributed by atoms with E-state index in [2.05, 4.69) is 10.6 Å². The van der Waals surface area contributed by atoms with Gasteiger partial charge in [-0.25, -0.2) is 0 Å². The van der Waals surface area contributed by atoms with Crippen LogP contribution in [0.15, 0.2) is 24.3 Å². The Morgan fingerprint density at radius 3 is 2.59 bits per heavy atom. The molecule has 1 aromatic heterocycles. The van der Waals surface area contributed by atoms with Crippen molar-refractivity contribution in [2.75, 3.05) is 17.2 Å². The van der Waals surface area contributed by atoms with E-state index in [0.717, 1.165) is 50.5 Å². The summed E-state index contributed by atoms with van der Waals surface area (Å²) in [6, 6.07) is 6.99. The SMILES string of the molecule is O=C(Nc1ccc(Cl)cc1)c1c(NC(=O)C2CCCCC2CO)sc2c1CCC2. The smallest absolute Gasteiger partial charge is 0.258 e. The summed E-state index contributed by atoms with van der Waals surface area (Å²) < 4.78 is 0. The summed E-state index contributed by atoms with van der Waals surface area (Å²) in [6.07, 6.45) is 6.55. The Morgan fingerprint density at radius 2 is 1.83 bits per heavy atom. The maximum Gasteiger partial charge on any atom is 0.258 e. The molecule has 154 valence electrons. The van der Waals surface area contributed by atoms with Gasteiger partial charge in [-0.15, -0.1) is 11.3 Å². The number of nitrogens with one attached hydrogen (secondary N) is 2. The van der Waals surface area contributed by atoms with Gasteiger partial charge in [-0.2, -0.15) is 0 Å². The third kappa shape index (κ3) is 4.34. The van der Waals surface area contributed by atoms with Gasteiger partial charge >= 0.3 is 0 Å². The third-order valence-electron chi connectivity index (χ3n) is 5.97. The molecule has 1 fully saturated rings. The summed E-state index contributed by atoms with van der Waals surface area (Å²) in [4.78, 5) is 27.2. The number of carbonyl (C=O) groups is 2. The molecule has 2 atom stereocenters. The fourth-order valence-electron chi connectivity index (χ4n) is 4.44. The Kier molecular flexibility index (Phi) is 6.23. The number of carbonyl (C=O) groups excluding carboxylic acids is 2. The van der Waals surface area contributed by atoms with Crippen molar-refractivity contribution in [1.82, 2.24) is 0 Å². The number of rotatable bonds is 5. The monoisotopic (exact) mass is 432 g/mol. The van der Waals surface area contributed by atoms with E-state index in [1.165, 1.54) is 16.2 Å². The summed E-state index contributed by atoms with van der Waals surface area (Å²) in [5.74, 6) is -0.478. The molecule has 1 aromatic carbocycles. The molecule has 5 nitrogen and oxygen atoms in total. The highest BCUT2D eigenvalue weighted by Gasteiger charge is 2.33. The summed E-state index contributed by atoms with van der Waals surface area (Å²) in [6.45, 7) is 0.0307. The van der Waals surface area contributed by atoms with Crippen LogP contribution in [0.25, 0.3) is 0 Å². The largest absolute Gasteiger partial charge is 0.396 e. The van der Waals surface area contributed by atoms with Gasteiger partial charge in [-0.1, -0.05) is 24.4 Å². The van der Waals surface area contributed by atoms with Crippen LogP contribution >= 0.6 is 22.9 Å². The van der Waals surface area contributed by atoms with Crippen LogP contribution in [-0.4, -0.2) is 23.5 Å². The minimum Gasteiger partial charge on any atom is -0.396 e. The van der Waals surface area contributed by atoms with Gasteiger partial charge in [0.05, 0.1) is 5.56 Å². The number of fused-ring (bicyclic) bond motifs is 1. The lowest BCUT2D eigenvalue weighted by molar-refractivity contribution is -0.123. The van der Waals surface area contributed by atoms with Crippen LogP contribution in [0.5, 0.6) is 0 Å². The van der Waals surface area contributed by atoms with E-state index >= 15 is 0 Å². The molecule has 1 heterocycles. The van der Waals surface area contributed by atoms with Gasteiger partial charge < -0.3 is 15.7 Å². The standard InChI is InChI=1S/C22H25ClN2O3S/c23-14-8-10-15(11-9-14)24-21(28)19-17-6-3-7-18(17)29-22(19)25-20(27)16-5-2-1-4-13(16)12-26/h8-11,13,16,26H,1-7,12H2,(H,24,28)(H,25,27). The zero-order chi connectivity index (χ0) is 20.4. The molecule has 0 spiro atoms. The highest BCUT2D eigenvalue weighted by molar-refractivity contribution is 7.17. The first-order chi connectivity index (χ1) is 14.1. The van der Waals surface area contributed by atoms with Crippen LogP contribution in [0.4, 0.5) is 10.7 Å². The van der Waals surface area contributed by atoms with Gasteiger partial charge in [-0.05, 0) is 67.9 Å². The number of hydrogen-bond acceptors (Lipinski definition) is 4. The number of aliphatic hydroxyl groups excluding tert-OH is 1. The van der Waals surface area contributed by atoms with E-state index in [1.807, 2.05) is 0 Å². The van der Waals surface area contributed by atoms with Crippen LogP contribution in [0.1, 0.15) is 52.9 Å². The average Bonchev–Trinajstić information content (AvgIpc) is 3.30. The second kappa shape index (κ2) is 8.86. The Bertz CT molecular complexity index is 910. The zero-order valence-corrected chi connectivity index (χ0v) is 17.7. The number of anilines is 2. The van der Waals surface area contributed by atoms with Gasteiger partial charge in [0.2, 0.25) is 5.91 Å². The molecule has 0 aliphatic heterocycles. The lowest BCUT2D eigenvalue weighted by atomic mass is 9.79. The van der Waals surface area contributed by atoms with Gasteiger partial charge in [-0.3, -0.25) is 9.59 Å². The van der Waals surface area contributed by atoms with Crippen LogP contribution in [0, 0.1) is 11.8 Å². The molecule has 0 radical (unpaired) electrons. The molecular formula is C22H25ClN2O3S. The first-order valence-electron chi connectivity index (χ1n) is 10.2. The van der Waals surface area contributed by atoms with Crippen LogP contribution in [0.2, 0.25) is 5.02 Å². The van der Waals surface area contributed by atoms with E-state index in [0.29, 0.717) is 21.3 Å². The first-order valence-corrected chi connectivity index (χ1v) is 11.4. The minimum absolute atomic E-state index is 0.00176. The Labute approximate surface area is 179 Å². The summed E-state index contributed by atoms with van der Waals surface area (Å²) >= 11 is 7.44. The predicted molar refractivity (Wildman–Crippen MR) is 117 cm³/mol. The van der Waals surface area contributed by atoms with Gasteiger partial charge in [0.1, 0.15) is 5.00 Å². The van der Waals surface area contributed by atoms with E-state index in [4.69, 9.17) is 11.6 Å². The van der Waals surface area contributed by atoms with Crippen LogP contribution in [0.3, 0.4) is 0 Å². The first kappa shape index (κ1) is 20.4. The number of aryl methyl sites for hydroxylation is 1. The molecule has 0 bridgehead atoms. The maximum atomic E-state index is 13.1. The van der Waals surface area contributed by atoms with Crippen LogP contribution < -0.4 is 10.6 Å². The number of benzene rings is 1. The number of halogens is 1. The van der Waals surface area contributed by atoms with E-state index in [-0.39, 0.29) is 30.3 Å². The molecule has 2 aliphatic carbocycles. The number of aliphatic hydroxyl groups is 1. The number of hydrogen-bond donors (Lipinski definition) is 3. The Morgan fingerprint density at radius 1 is 1.07 bits per heavy atom.